The summed E-state index contributed by atoms with van der Waals surface area (Å²) in [5.74, 6) is 2.33. The lowest BCUT2D eigenvalue weighted by Crippen LogP contribution is -2.35. The maximum atomic E-state index is 11.9. The van der Waals surface area contributed by atoms with Crippen LogP contribution in [0.15, 0.2) is 24.3 Å². The first kappa shape index (κ1) is 15.4. The third kappa shape index (κ3) is 5.17. The molecule has 1 heterocycles. The molecule has 0 unspecified atom stereocenters. The Morgan fingerprint density at radius 3 is 2.70 bits per heavy atom. The van der Waals surface area contributed by atoms with Crippen LogP contribution in [0.25, 0.3) is 0 Å². The highest BCUT2D eigenvalue weighted by Gasteiger charge is 2.20. The molecule has 3 nitrogen and oxygen atoms in total. The minimum Gasteiger partial charge on any atom is -0.381 e. The third-order valence-electron chi connectivity index (χ3n) is 3.53. The van der Waals surface area contributed by atoms with Gasteiger partial charge in [0, 0.05) is 37.2 Å². The van der Waals surface area contributed by atoms with Crippen LogP contribution in [0.5, 0.6) is 0 Å². The maximum Gasteiger partial charge on any atom is 0.223 e. The summed E-state index contributed by atoms with van der Waals surface area (Å²) in [7, 11) is 0. The lowest BCUT2D eigenvalue weighted by Gasteiger charge is -2.21. The van der Waals surface area contributed by atoms with E-state index >= 15 is 0 Å². The van der Waals surface area contributed by atoms with Gasteiger partial charge in [-0.05, 0) is 25.3 Å². The monoisotopic (exact) mass is 293 g/mol. The molecule has 1 saturated heterocycles. The van der Waals surface area contributed by atoms with Gasteiger partial charge in [-0.15, -0.1) is 0 Å². The van der Waals surface area contributed by atoms with E-state index in [2.05, 4.69) is 36.5 Å². The number of thioether (sulfide) groups is 1. The number of nitrogens with one attached hydrogen (secondary N) is 1. The fourth-order valence-corrected chi connectivity index (χ4v) is 3.04. The van der Waals surface area contributed by atoms with Gasteiger partial charge in [-0.1, -0.05) is 29.8 Å². The summed E-state index contributed by atoms with van der Waals surface area (Å²) >= 11 is 1.86. The van der Waals surface area contributed by atoms with Crippen molar-refractivity contribution in [2.75, 3.05) is 25.5 Å². The number of carbonyl (C=O) groups is 1. The minimum atomic E-state index is 0.158. The zero-order chi connectivity index (χ0) is 14.2. The topological polar surface area (TPSA) is 38.3 Å². The SMILES string of the molecule is Cc1ccc(CSCCNC(=O)C2CCOCC2)cc1. The van der Waals surface area contributed by atoms with Crippen LogP contribution in [0.1, 0.15) is 24.0 Å². The lowest BCUT2D eigenvalue weighted by atomic mass is 10.00. The Kier molecular flexibility index (Phi) is 6.40. The van der Waals surface area contributed by atoms with Crippen LogP contribution in [0.3, 0.4) is 0 Å². The molecule has 4 heteroatoms. The zero-order valence-electron chi connectivity index (χ0n) is 12.1. The molecule has 1 fully saturated rings. The maximum absolute atomic E-state index is 11.9. The van der Waals surface area contributed by atoms with Crippen molar-refractivity contribution in [2.45, 2.75) is 25.5 Å². The first-order chi connectivity index (χ1) is 9.75. The van der Waals surface area contributed by atoms with Crippen LogP contribution in [0, 0.1) is 12.8 Å². The molecule has 1 amide bonds. The highest BCUT2D eigenvalue weighted by Crippen LogP contribution is 2.15. The number of hydrogen-bond donors (Lipinski definition) is 1. The molecule has 1 aromatic carbocycles. The Bertz CT molecular complexity index is 413. The van der Waals surface area contributed by atoms with Crippen LogP contribution >= 0.6 is 11.8 Å². The molecule has 0 radical (unpaired) electrons. The van der Waals surface area contributed by atoms with Crippen LogP contribution < -0.4 is 5.32 Å². The number of carbonyl (C=O) groups excluding carboxylic acids is 1. The lowest BCUT2D eigenvalue weighted by molar-refractivity contribution is -0.127. The Hall–Kier alpha value is -1.00. The predicted molar refractivity (Wildman–Crippen MR) is 83.9 cm³/mol. The Labute approximate surface area is 125 Å². The van der Waals surface area contributed by atoms with Gasteiger partial charge in [-0.2, -0.15) is 11.8 Å². The highest BCUT2D eigenvalue weighted by atomic mass is 32.2. The second-order valence-electron chi connectivity index (χ2n) is 5.22. The largest absolute Gasteiger partial charge is 0.381 e. The summed E-state index contributed by atoms with van der Waals surface area (Å²) in [6, 6.07) is 8.62. The molecule has 110 valence electrons. The van der Waals surface area contributed by atoms with Crippen molar-refractivity contribution in [3.8, 4) is 0 Å². The quantitative estimate of drug-likeness (QED) is 0.820. The van der Waals surface area contributed by atoms with E-state index in [-0.39, 0.29) is 11.8 Å². The van der Waals surface area contributed by atoms with Crippen molar-refractivity contribution in [3.63, 3.8) is 0 Å². The fraction of sp³-hybridized carbons (Fsp3) is 0.562. The van der Waals surface area contributed by atoms with Crippen LogP contribution in [0.2, 0.25) is 0 Å². The highest BCUT2D eigenvalue weighted by molar-refractivity contribution is 7.98. The van der Waals surface area contributed by atoms with E-state index in [1.807, 2.05) is 11.8 Å². The van der Waals surface area contributed by atoms with Gasteiger partial charge in [0.2, 0.25) is 5.91 Å². The van der Waals surface area contributed by atoms with E-state index in [9.17, 15) is 4.79 Å². The summed E-state index contributed by atoms with van der Waals surface area (Å²) in [6.07, 6.45) is 1.73. The fourth-order valence-electron chi connectivity index (χ4n) is 2.22. The number of aryl methyl sites for hydroxylation is 1. The second kappa shape index (κ2) is 8.32. The average Bonchev–Trinajstić information content (AvgIpc) is 2.49. The van der Waals surface area contributed by atoms with Crippen molar-refractivity contribution in [3.05, 3.63) is 35.4 Å². The standard InChI is InChI=1S/C16H23NO2S/c1-13-2-4-14(5-3-13)12-20-11-8-17-16(18)15-6-9-19-10-7-15/h2-5,15H,6-12H2,1H3,(H,17,18). The first-order valence-corrected chi connectivity index (χ1v) is 8.40. The number of ether oxygens (including phenoxy) is 1. The van der Waals surface area contributed by atoms with Gasteiger partial charge in [0.15, 0.2) is 0 Å². The Balaban J connectivity index is 1.57. The van der Waals surface area contributed by atoms with Gasteiger partial charge in [0.25, 0.3) is 0 Å². The molecule has 1 N–H and O–H groups in total. The summed E-state index contributed by atoms with van der Waals surface area (Å²) < 4.78 is 5.27. The summed E-state index contributed by atoms with van der Waals surface area (Å²) in [5, 5.41) is 3.03. The van der Waals surface area contributed by atoms with E-state index in [1.165, 1.54) is 11.1 Å². The van der Waals surface area contributed by atoms with Crippen LogP contribution in [0.4, 0.5) is 0 Å². The molecule has 1 aromatic rings. The van der Waals surface area contributed by atoms with Gasteiger partial charge >= 0.3 is 0 Å². The zero-order valence-corrected chi connectivity index (χ0v) is 12.9. The molecule has 2 rings (SSSR count). The Morgan fingerprint density at radius 1 is 1.30 bits per heavy atom. The second-order valence-corrected chi connectivity index (χ2v) is 6.32. The molecule has 0 bridgehead atoms. The van der Waals surface area contributed by atoms with E-state index in [4.69, 9.17) is 4.74 Å². The normalized spacial score (nSPS) is 16.1. The molecule has 0 aliphatic carbocycles. The summed E-state index contributed by atoms with van der Waals surface area (Å²) in [4.78, 5) is 11.9. The van der Waals surface area contributed by atoms with Gasteiger partial charge in [-0.3, -0.25) is 4.79 Å². The molecule has 0 saturated carbocycles. The number of hydrogen-bond acceptors (Lipinski definition) is 3. The van der Waals surface area contributed by atoms with Crippen molar-refractivity contribution in [1.82, 2.24) is 5.32 Å². The molecule has 20 heavy (non-hydrogen) atoms. The van der Waals surface area contributed by atoms with Gasteiger partial charge in [0.1, 0.15) is 0 Å². The number of amides is 1. The minimum absolute atomic E-state index is 0.158. The molecular formula is C16H23NO2S. The van der Waals surface area contributed by atoms with Crippen molar-refractivity contribution < 1.29 is 9.53 Å². The molecule has 1 aliphatic rings. The van der Waals surface area contributed by atoms with Gasteiger partial charge in [0.05, 0.1) is 0 Å². The van der Waals surface area contributed by atoms with Crippen LogP contribution in [-0.2, 0) is 15.3 Å². The Morgan fingerprint density at radius 2 is 2.00 bits per heavy atom. The molecule has 0 aromatic heterocycles. The average molecular weight is 293 g/mol. The van der Waals surface area contributed by atoms with Crippen molar-refractivity contribution >= 4 is 17.7 Å². The molecule has 0 atom stereocenters. The predicted octanol–water partition coefficient (Wildman–Crippen LogP) is 2.77. The first-order valence-electron chi connectivity index (χ1n) is 7.24. The van der Waals surface area contributed by atoms with Gasteiger partial charge in [-0.25, -0.2) is 0 Å². The summed E-state index contributed by atoms with van der Waals surface area (Å²) in [5.41, 5.74) is 2.64. The van der Waals surface area contributed by atoms with E-state index in [0.29, 0.717) is 0 Å². The van der Waals surface area contributed by atoms with Crippen LogP contribution in [-0.4, -0.2) is 31.4 Å². The molecule has 1 aliphatic heterocycles. The summed E-state index contributed by atoms with van der Waals surface area (Å²) in [6.45, 7) is 4.30. The number of benzene rings is 1. The molecule has 0 spiro atoms. The van der Waals surface area contributed by atoms with Crippen molar-refractivity contribution in [1.29, 1.82) is 0 Å². The molecular weight excluding hydrogens is 270 g/mol. The van der Waals surface area contributed by atoms with E-state index < -0.39 is 0 Å². The van der Waals surface area contributed by atoms with Gasteiger partial charge < -0.3 is 10.1 Å². The van der Waals surface area contributed by atoms with E-state index in [1.54, 1.807) is 0 Å². The smallest absolute Gasteiger partial charge is 0.223 e. The van der Waals surface area contributed by atoms with Crippen molar-refractivity contribution in [2.24, 2.45) is 5.92 Å². The van der Waals surface area contributed by atoms with E-state index in [0.717, 1.165) is 44.1 Å². The number of rotatable bonds is 6. The third-order valence-corrected chi connectivity index (χ3v) is 4.56.